The summed E-state index contributed by atoms with van der Waals surface area (Å²) >= 11 is 0. The van der Waals surface area contributed by atoms with Gasteiger partial charge in [-0.3, -0.25) is 24.3 Å². The van der Waals surface area contributed by atoms with Crippen molar-refractivity contribution in [2.45, 2.75) is 46.5 Å². The van der Waals surface area contributed by atoms with Gasteiger partial charge < -0.3 is 31.9 Å². The summed E-state index contributed by atoms with van der Waals surface area (Å²) in [7, 11) is 1.78. The Balaban J connectivity index is 0.000000196. The number of carbonyl (C=O) groups excluding carboxylic acids is 4. The molecular weight excluding hydrogens is 769 g/mol. The number of rotatable bonds is 12. The maximum absolute atomic E-state index is 12.6. The van der Waals surface area contributed by atoms with Crippen LogP contribution >= 0.6 is 0 Å². The van der Waals surface area contributed by atoms with Gasteiger partial charge in [-0.05, 0) is 69.7 Å². The Morgan fingerprint density at radius 1 is 0.717 bits per heavy atom. The molecule has 4 aromatic heterocycles. The van der Waals surface area contributed by atoms with Crippen LogP contribution in [0.3, 0.4) is 0 Å². The summed E-state index contributed by atoms with van der Waals surface area (Å²) in [5, 5.41) is 42.1. The summed E-state index contributed by atoms with van der Waals surface area (Å²) in [6.45, 7) is 0.128. The van der Waals surface area contributed by atoms with Crippen LogP contribution in [-0.4, -0.2) is 87.9 Å². The number of nitrogens with zero attached hydrogens (tertiary/aromatic N) is 9. The molecule has 0 saturated heterocycles. The standard InChI is InChI=1S/2C20H22N8O2/c1-11-13(18-22-10-23-28(18)3)5-4-6-14(11)24-15-9-16(25-19(29)12-7-8-12)26-27-17(15)20(30)21-2;1-10-13(18-22-11(2)25-28-18)5-4-6-14(10)23-15-9-16(24-19(29)12-7-8-12)26-27-17(15)20(30)21-3/h4-6,9-10,12H,7-8H2,1-3H3,(H,21,30)(H2,24,25,26,29);4-6,9,12H,7-8H2,1-3H3,(H,21,30)(H,22,25,28)(H2,23,24,26,29)/i2D3;3D3. The van der Waals surface area contributed by atoms with Crippen LogP contribution in [0.15, 0.2) is 54.9 Å². The molecule has 0 atom stereocenters. The molecule has 2 fully saturated rings. The van der Waals surface area contributed by atoms with Crippen molar-refractivity contribution in [2.75, 3.05) is 35.2 Å². The van der Waals surface area contributed by atoms with Gasteiger partial charge in [-0.1, -0.05) is 24.3 Å². The first-order chi connectivity index (χ1) is 31.2. The highest BCUT2D eigenvalue weighted by Gasteiger charge is 2.31. The first kappa shape index (κ1) is 33.3. The molecule has 6 aromatic rings. The van der Waals surface area contributed by atoms with Crippen molar-refractivity contribution in [1.29, 1.82) is 0 Å². The molecule has 2 saturated carbocycles. The van der Waals surface area contributed by atoms with Crippen LogP contribution in [0, 0.1) is 32.6 Å². The molecule has 4 amide bonds. The van der Waals surface area contributed by atoms with Gasteiger partial charge in [0, 0.05) is 75.7 Å². The lowest BCUT2D eigenvalue weighted by Crippen LogP contribution is -2.22. The Morgan fingerprint density at radius 3 is 1.68 bits per heavy atom. The molecule has 0 aliphatic heterocycles. The summed E-state index contributed by atoms with van der Waals surface area (Å²) in [6.07, 6.45) is 4.72. The Bertz CT molecular complexity index is 2820. The molecule has 20 nitrogen and oxygen atoms in total. The number of anilines is 6. The molecule has 2 aliphatic carbocycles. The van der Waals surface area contributed by atoms with Gasteiger partial charge in [-0.15, -0.1) is 20.4 Å². The van der Waals surface area contributed by atoms with Crippen LogP contribution in [-0.2, 0) is 16.6 Å². The first-order valence-corrected chi connectivity index (χ1v) is 18.7. The van der Waals surface area contributed by atoms with Crippen LogP contribution in [0.4, 0.5) is 34.4 Å². The maximum Gasteiger partial charge on any atom is 0.273 e. The van der Waals surface area contributed by atoms with E-state index in [4.69, 9.17) is 8.22 Å². The zero-order chi connectivity index (χ0) is 47.5. The van der Waals surface area contributed by atoms with E-state index in [-0.39, 0.29) is 58.0 Å². The topological polar surface area (TPSA) is 264 Å². The fourth-order valence-electron chi connectivity index (χ4n) is 6.02. The van der Waals surface area contributed by atoms with E-state index in [0.29, 0.717) is 28.8 Å². The zero-order valence-electron chi connectivity index (χ0n) is 38.8. The third-order valence-electron chi connectivity index (χ3n) is 9.64. The highest BCUT2D eigenvalue weighted by Crippen LogP contribution is 2.34. The second-order valence-corrected chi connectivity index (χ2v) is 14.1. The van der Waals surface area contributed by atoms with Gasteiger partial charge in [0.15, 0.2) is 34.7 Å². The van der Waals surface area contributed by atoms with Crippen LogP contribution in [0.1, 0.15) is 71.8 Å². The number of H-pyrrole nitrogens is 1. The highest BCUT2D eigenvalue weighted by atomic mass is 16.2. The van der Waals surface area contributed by atoms with Gasteiger partial charge in [-0.25, -0.2) is 14.6 Å². The molecule has 4 heterocycles. The average Bonchev–Trinajstić information content (AvgIpc) is 4.18. The van der Waals surface area contributed by atoms with E-state index in [0.717, 1.165) is 47.9 Å². The second-order valence-electron chi connectivity index (χ2n) is 14.1. The molecule has 0 radical (unpaired) electrons. The molecule has 0 spiro atoms. The molecule has 60 heavy (non-hydrogen) atoms. The number of aryl methyl sites for hydroxylation is 2. The maximum atomic E-state index is 12.6. The smallest absolute Gasteiger partial charge is 0.273 e. The summed E-state index contributed by atoms with van der Waals surface area (Å²) < 4.78 is 45.5. The van der Waals surface area contributed by atoms with Crippen molar-refractivity contribution in [3.8, 4) is 22.8 Å². The average molecular weight is 819 g/mol. The number of benzene rings is 2. The van der Waals surface area contributed by atoms with Crippen molar-refractivity contribution in [3.63, 3.8) is 0 Å². The van der Waals surface area contributed by atoms with Crippen LogP contribution < -0.4 is 31.9 Å². The number of aromatic nitrogens is 10. The number of aromatic amines is 1. The quantitative estimate of drug-likeness (QED) is 0.0905. The van der Waals surface area contributed by atoms with Gasteiger partial charge in [0.25, 0.3) is 11.8 Å². The molecule has 2 aromatic carbocycles. The van der Waals surface area contributed by atoms with Gasteiger partial charge in [0.1, 0.15) is 12.2 Å². The Hall–Kier alpha value is -7.64. The fraction of sp³-hybridized carbons (Fsp3) is 0.300. The Morgan fingerprint density at radius 2 is 1.23 bits per heavy atom. The number of amides is 4. The van der Waals surface area contributed by atoms with Crippen molar-refractivity contribution in [1.82, 2.24) is 61.0 Å². The summed E-state index contributed by atoms with van der Waals surface area (Å²) in [5.74, 6) is -0.154. The largest absolute Gasteiger partial charge is 0.354 e. The zero-order valence-corrected chi connectivity index (χ0v) is 32.8. The van der Waals surface area contributed by atoms with E-state index in [1.54, 1.807) is 36.9 Å². The van der Waals surface area contributed by atoms with Crippen LogP contribution in [0.25, 0.3) is 22.8 Å². The highest BCUT2D eigenvalue weighted by molar-refractivity contribution is 6.01. The van der Waals surface area contributed by atoms with E-state index >= 15 is 0 Å². The molecule has 7 N–H and O–H groups in total. The van der Waals surface area contributed by atoms with E-state index in [9.17, 15) is 19.2 Å². The SMILES string of the molecule is [2H]C([2H])([2H])NC(=O)c1nnc(NC(=O)C2CC2)cc1Nc1cccc(-c2n[nH]c(C)n2)c1C.[2H]C([2H])([2H])NC(=O)c1nnc(NC(=O)C2CC2)cc1Nc1cccc(-c2ncnn2C)c1C. The monoisotopic (exact) mass is 818 g/mol. The number of nitrogens with one attached hydrogen (secondary N) is 7. The lowest BCUT2D eigenvalue weighted by Gasteiger charge is -2.15. The number of carbonyl (C=O) groups is 4. The first-order valence-electron chi connectivity index (χ1n) is 21.7. The molecule has 8 rings (SSSR count). The van der Waals surface area contributed by atoms with Crippen LogP contribution in [0.2, 0.25) is 0 Å². The van der Waals surface area contributed by atoms with Gasteiger partial charge in [0.05, 0.1) is 11.4 Å². The normalized spacial score (nSPS) is 14.9. The fourth-order valence-corrected chi connectivity index (χ4v) is 6.02. The van der Waals surface area contributed by atoms with Gasteiger partial charge >= 0.3 is 0 Å². The van der Waals surface area contributed by atoms with E-state index in [2.05, 4.69) is 66.9 Å². The Kier molecular flexibility index (Phi) is 9.71. The van der Waals surface area contributed by atoms with Gasteiger partial charge in [0.2, 0.25) is 11.8 Å². The molecule has 0 bridgehead atoms. The number of hydrogen-bond acceptors (Lipinski definition) is 14. The molecule has 0 unspecified atom stereocenters. The van der Waals surface area contributed by atoms with Crippen molar-refractivity contribution < 1.29 is 27.4 Å². The molecular formula is C40H44N16O4. The van der Waals surface area contributed by atoms with E-state index < -0.39 is 25.8 Å². The minimum atomic E-state index is -2.70. The predicted octanol–water partition coefficient (Wildman–Crippen LogP) is 4.36. The van der Waals surface area contributed by atoms with Gasteiger partial charge in [-0.2, -0.15) is 10.2 Å². The minimum absolute atomic E-state index is 0.0490. The second kappa shape index (κ2) is 17.5. The third-order valence-corrected chi connectivity index (χ3v) is 9.64. The third kappa shape index (κ3) is 9.22. The minimum Gasteiger partial charge on any atom is -0.354 e. The van der Waals surface area contributed by atoms with E-state index in [1.807, 2.05) is 42.7 Å². The van der Waals surface area contributed by atoms with E-state index in [1.165, 1.54) is 18.5 Å². The lowest BCUT2D eigenvalue weighted by atomic mass is 10.1. The van der Waals surface area contributed by atoms with Crippen LogP contribution in [0.5, 0.6) is 0 Å². The summed E-state index contributed by atoms with van der Waals surface area (Å²) in [4.78, 5) is 58.1. The van der Waals surface area contributed by atoms with Crippen molar-refractivity contribution >= 4 is 58.0 Å². The van der Waals surface area contributed by atoms with Crippen molar-refractivity contribution in [2.24, 2.45) is 18.9 Å². The molecule has 20 heteroatoms. The Labute approximate surface area is 352 Å². The number of hydrogen-bond donors (Lipinski definition) is 7. The molecule has 2 aliphatic rings. The predicted molar refractivity (Wildman–Crippen MR) is 223 cm³/mol. The molecule has 308 valence electrons. The van der Waals surface area contributed by atoms with Crippen molar-refractivity contribution in [3.05, 3.63) is 83.2 Å². The lowest BCUT2D eigenvalue weighted by molar-refractivity contribution is -0.118. The summed E-state index contributed by atoms with van der Waals surface area (Å²) in [6, 6.07) is 13.8. The summed E-state index contributed by atoms with van der Waals surface area (Å²) in [5.41, 5.74) is 4.36.